The van der Waals surface area contributed by atoms with Gasteiger partial charge in [0.2, 0.25) is 0 Å². The van der Waals surface area contributed by atoms with Gasteiger partial charge in [0.05, 0.1) is 10.9 Å². The number of urea groups is 1. The number of aromatic nitrogens is 2. The fourth-order valence-corrected chi connectivity index (χ4v) is 5.04. The van der Waals surface area contributed by atoms with Crippen molar-refractivity contribution in [2.75, 3.05) is 0 Å². The molecule has 1 atom stereocenters. The van der Waals surface area contributed by atoms with Crippen LogP contribution in [0.2, 0.25) is 5.02 Å². The van der Waals surface area contributed by atoms with Gasteiger partial charge in [0, 0.05) is 23.1 Å². The van der Waals surface area contributed by atoms with Crippen LogP contribution in [-0.4, -0.2) is 24.0 Å². The van der Waals surface area contributed by atoms with Crippen molar-refractivity contribution in [3.05, 3.63) is 113 Å². The van der Waals surface area contributed by atoms with Gasteiger partial charge in [0.1, 0.15) is 5.82 Å². The first-order valence-electron chi connectivity index (χ1n) is 11.6. The summed E-state index contributed by atoms with van der Waals surface area (Å²) >= 11 is 6.17. The zero-order valence-corrected chi connectivity index (χ0v) is 21.9. The number of hydrogen-bond donors (Lipinski definition) is 2. The standard InChI is InChI=1S/C25H23ClN4O3S.C2H6/c1-18-8-5-6-13-23(18)34(32,33)29-25(31)28-22(16-19-9-3-2-4-10-19)24-27-14-15-30(24)21-12-7-11-20(26)17-21;1-2/h2-15,17,22H,16H2,1H3,(H2,28,29,31);1-2H3/t22-;/m0./s1. The Kier molecular flexibility index (Phi) is 9.27. The maximum absolute atomic E-state index is 12.9. The van der Waals surface area contributed by atoms with E-state index < -0.39 is 22.1 Å². The Morgan fingerprint density at radius 1 is 1.00 bits per heavy atom. The number of nitrogens with zero attached hydrogens (tertiary/aromatic N) is 2. The maximum Gasteiger partial charge on any atom is 0.329 e. The van der Waals surface area contributed by atoms with Crippen LogP contribution in [0, 0.1) is 6.92 Å². The van der Waals surface area contributed by atoms with Gasteiger partial charge in [-0.2, -0.15) is 0 Å². The maximum atomic E-state index is 12.9. The number of carbonyl (C=O) groups is 1. The molecule has 188 valence electrons. The molecular formula is C27H29ClN4O3S. The van der Waals surface area contributed by atoms with Crippen LogP contribution in [0.1, 0.15) is 36.8 Å². The van der Waals surface area contributed by atoms with Gasteiger partial charge in [0.15, 0.2) is 0 Å². The molecule has 0 saturated heterocycles. The quantitative estimate of drug-likeness (QED) is 0.318. The molecule has 9 heteroatoms. The Morgan fingerprint density at radius 2 is 1.69 bits per heavy atom. The van der Waals surface area contributed by atoms with Crippen molar-refractivity contribution in [2.24, 2.45) is 0 Å². The predicted octanol–water partition coefficient (Wildman–Crippen LogP) is 5.83. The van der Waals surface area contributed by atoms with E-state index in [4.69, 9.17) is 11.6 Å². The molecule has 0 saturated carbocycles. The molecule has 0 aliphatic heterocycles. The number of amides is 2. The largest absolute Gasteiger partial charge is 0.329 e. The number of benzene rings is 3. The van der Waals surface area contributed by atoms with Crippen molar-refractivity contribution in [3.8, 4) is 5.69 Å². The third-order valence-corrected chi connectivity index (χ3v) is 6.99. The molecule has 3 aromatic carbocycles. The molecule has 0 aliphatic rings. The van der Waals surface area contributed by atoms with Gasteiger partial charge < -0.3 is 9.88 Å². The number of nitrogens with one attached hydrogen (secondary N) is 2. The average Bonchev–Trinajstić information content (AvgIpc) is 3.35. The van der Waals surface area contributed by atoms with Crippen LogP contribution in [0.25, 0.3) is 5.69 Å². The highest BCUT2D eigenvalue weighted by Crippen LogP contribution is 2.23. The fraction of sp³-hybridized carbons (Fsp3) is 0.185. The summed E-state index contributed by atoms with van der Waals surface area (Å²) < 4.78 is 29.6. The summed E-state index contributed by atoms with van der Waals surface area (Å²) in [4.78, 5) is 17.4. The van der Waals surface area contributed by atoms with Crippen LogP contribution < -0.4 is 10.0 Å². The molecule has 0 spiro atoms. The van der Waals surface area contributed by atoms with E-state index in [9.17, 15) is 13.2 Å². The predicted molar refractivity (Wildman–Crippen MR) is 143 cm³/mol. The Morgan fingerprint density at radius 3 is 2.39 bits per heavy atom. The van der Waals surface area contributed by atoms with E-state index in [0.717, 1.165) is 11.3 Å². The molecule has 7 nitrogen and oxygen atoms in total. The number of sulfonamides is 1. The van der Waals surface area contributed by atoms with E-state index in [-0.39, 0.29) is 4.90 Å². The molecule has 0 aliphatic carbocycles. The summed E-state index contributed by atoms with van der Waals surface area (Å²) in [6.07, 6.45) is 3.79. The first kappa shape index (κ1) is 27.0. The molecule has 1 aromatic heterocycles. The molecule has 36 heavy (non-hydrogen) atoms. The van der Waals surface area contributed by atoms with Crippen LogP contribution in [-0.2, 0) is 16.4 Å². The summed E-state index contributed by atoms with van der Waals surface area (Å²) in [5.74, 6) is 0.537. The Bertz CT molecular complexity index is 1410. The molecule has 2 amide bonds. The average molecular weight is 525 g/mol. The highest BCUT2D eigenvalue weighted by molar-refractivity contribution is 7.90. The third kappa shape index (κ3) is 6.74. The van der Waals surface area contributed by atoms with E-state index >= 15 is 0 Å². The lowest BCUT2D eigenvalue weighted by Gasteiger charge is -2.21. The van der Waals surface area contributed by atoms with Crippen molar-refractivity contribution in [1.29, 1.82) is 0 Å². The number of rotatable bonds is 7. The van der Waals surface area contributed by atoms with Gasteiger partial charge in [0.25, 0.3) is 10.0 Å². The molecule has 4 rings (SSSR count). The monoisotopic (exact) mass is 524 g/mol. The van der Waals surface area contributed by atoms with Crippen molar-refractivity contribution in [2.45, 2.75) is 38.1 Å². The highest BCUT2D eigenvalue weighted by Gasteiger charge is 2.25. The summed E-state index contributed by atoms with van der Waals surface area (Å²) in [5.41, 5.74) is 2.27. The zero-order valence-electron chi connectivity index (χ0n) is 20.4. The van der Waals surface area contributed by atoms with Gasteiger partial charge >= 0.3 is 6.03 Å². The normalized spacial score (nSPS) is 11.7. The molecule has 0 fully saturated rings. The zero-order chi connectivity index (χ0) is 26.1. The van der Waals surface area contributed by atoms with Crippen LogP contribution >= 0.6 is 11.6 Å². The molecule has 0 unspecified atom stereocenters. The second-order valence-corrected chi connectivity index (χ2v) is 9.81. The van der Waals surface area contributed by atoms with Crippen molar-refractivity contribution < 1.29 is 13.2 Å². The summed E-state index contributed by atoms with van der Waals surface area (Å²) in [7, 11) is -4.05. The third-order valence-electron chi connectivity index (χ3n) is 5.27. The van der Waals surface area contributed by atoms with Gasteiger partial charge in [-0.3, -0.25) is 0 Å². The van der Waals surface area contributed by atoms with Crippen LogP contribution in [0.3, 0.4) is 0 Å². The Labute approximate surface area is 217 Å². The minimum atomic E-state index is -4.05. The van der Waals surface area contributed by atoms with Crippen LogP contribution in [0.4, 0.5) is 4.79 Å². The van der Waals surface area contributed by atoms with Gasteiger partial charge in [-0.25, -0.2) is 22.9 Å². The van der Waals surface area contributed by atoms with Crippen LogP contribution in [0.15, 0.2) is 96.2 Å². The smallest absolute Gasteiger partial charge is 0.327 e. The summed E-state index contributed by atoms with van der Waals surface area (Å²) in [6, 6.07) is 21.8. The first-order chi connectivity index (χ1) is 17.3. The molecule has 4 aromatic rings. The number of hydrogen-bond acceptors (Lipinski definition) is 4. The van der Waals surface area contributed by atoms with E-state index in [2.05, 4.69) is 15.0 Å². The molecular weight excluding hydrogens is 496 g/mol. The Balaban J connectivity index is 0.00000176. The molecule has 0 radical (unpaired) electrons. The minimum absolute atomic E-state index is 0.0465. The summed E-state index contributed by atoms with van der Waals surface area (Å²) in [5, 5.41) is 3.35. The van der Waals surface area contributed by atoms with Crippen molar-refractivity contribution >= 4 is 27.7 Å². The second kappa shape index (κ2) is 12.4. The molecule has 1 heterocycles. The number of halogens is 1. The van der Waals surface area contributed by atoms with Crippen LogP contribution in [0.5, 0.6) is 0 Å². The lowest BCUT2D eigenvalue weighted by molar-refractivity contribution is 0.241. The molecule has 0 bridgehead atoms. The van der Waals surface area contributed by atoms with Gasteiger partial charge in [-0.05, 0) is 48.7 Å². The van der Waals surface area contributed by atoms with Crippen molar-refractivity contribution in [1.82, 2.24) is 19.6 Å². The summed E-state index contributed by atoms with van der Waals surface area (Å²) in [6.45, 7) is 5.67. The van der Waals surface area contributed by atoms with E-state index in [0.29, 0.717) is 22.8 Å². The fourth-order valence-electron chi connectivity index (χ4n) is 3.70. The second-order valence-electron chi connectivity index (χ2n) is 7.72. The number of carbonyl (C=O) groups excluding carboxylic acids is 1. The van der Waals surface area contributed by atoms with E-state index in [1.165, 1.54) is 6.07 Å². The van der Waals surface area contributed by atoms with Gasteiger partial charge in [-0.1, -0.05) is 80.0 Å². The van der Waals surface area contributed by atoms with E-state index in [1.807, 2.05) is 60.9 Å². The molecule has 2 N–H and O–H groups in total. The topological polar surface area (TPSA) is 93.1 Å². The minimum Gasteiger partial charge on any atom is -0.327 e. The lowest BCUT2D eigenvalue weighted by atomic mass is 10.1. The number of aryl methyl sites for hydroxylation is 1. The highest BCUT2D eigenvalue weighted by atomic mass is 35.5. The lowest BCUT2D eigenvalue weighted by Crippen LogP contribution is -2.42. The first-order valence-corrected chi connectivity index (χ1v) is 13.4. The SMILES string of the molecule is CC.Cc1ccccc1S(=O)(=O)NC(=O)N[C@@H](Cc1ccccc1)c1nccn1-c1cccc(Cl)c1. The number of imidazole rings is 1. The van der Waals surface area contributed by atoms with E-state index in [1.54, 1.807) is 49.6 Å². The van der Waals surface area contributed by atoms with Crippen molar-refractivity contribution in [3.63, 3.8) is 0 Å². The van der Waals surface area contributed by atoms with Gasteiger partial charge in [-0.15, -0.1) is 0 Å². The Hall–Kier alpha value is -3.62.